The Labute approximate surface area is 154 Å². The number of nitrogens with zero attached hydrogens (tertiary/aromatic N) is 5. The molecule has 6 heteroatoms. The Bertz CT molecular complexity index is 1260. The van der Waals surface area contributed by atoms with E-state index in [4.69, 9.17) is 9.97 Å². The van der Waals surface area contributed by atoms with E-state index >= 15 is 0 Å². The highest BCUT2D eigenvalue weighted by molar-refractivity contribution is 7.13. The van der Waals surface area contributed by atoms with Gasteiger partial charge in [0, 0.05) is 5.69 Å². The third-order valence-corrected chi connectivity index (χ3v) is 5.80. The van der Waals surface area contributed by atoms with Crippen LogP contribution >= 0.6 is 11.3 Å². The average Bonchev–Trinajstić information content (AvgIpc) is 3.35. The number of fused-ring (bicyclic) bond motifs is 3. The second-order valence-corrected chi connectivity index (χ2v) is 7.40. The van der Waals surface area contributed by atoms with E-state index in [1.54, 1.807) is 22.2 Å². The van der Waals surface area contributed by atoms with Gasteiger partial charge in [-0.2, -0.15) is 0 Å². The third-order valence-electron chi connectivity index (χ3n) is 4.93. The number of benzene rings is 1. The summed E-state index contributed by atoms with van der Waals surface area (Å²) in [5.41, 5.74) is 6.51. The van der Waals surface area contributed by atoms with Crippen LogP contribution in [-0.4, -0.2) is 24.1 Å². The molecule has 128 valence electrons. The molecule has 0 saturated carbocycles. The van der Waals surface area contributed by atoms with Crippen molar-refractivity contribution < 1.29 is 0 Å². The van der Waals surface area contributed by atoms with Crippen molar-refractivity contribution in [1.82, 2.24) is 24.1 Å². The van der Waals surface area contributed by atoms with E-state index in [2.05, 4.69) is 54.7 Å². The van der Waals surface area contributed by atoms with E-state index in [1.165, 1.54) is 16.8 Å². The molecule has 0 fully saturated rings. The van der Waals surface area contributed by atoms with Crippen molar-refractivity contribution in [3.63, 3.8) is 0 Å². The van der Waals surface area contributed by atoms with E-state index in [0.717, 1.165) is 33.1 Å². The van der Waals surface area contributed by atoms with Crippen molar-refractivity contribution in [2.45, 2.75) is 20.8 Å². The molecule has 0 aliphatic rings. The second-order valence-electron chi connectivity index (χ2n) is 6.46. The summed E-state index contributed by atoms with van der Waals surface area (Å²) < 4.78 is 4.01. The van der Waals surface area contributed by atoms with Gasteiger partial charge < -0.3 is 0 Å². The molecule has 0 spiro atoms. The fourth-order valence-electron chi connectivity index (χ4n) is 3.48. The maximum absolute atomic E-state index is 4.82. The minimum Gasteiger partial charge on any atom is -0.298 e. The minimum atomic E-state index is 0.745. The number of thiophene rings is 1. The SMILES string of the molecule is Cc1ccccc1-n1c(C)c(C)c2c1ncn1nc(-c3cccs3)nc21. The van der Waals surface area contributed by atoms with Crippen molar-refractivity contribution in [1.29, 1.82) is 0 Å². The van der Waals surface area contributed by atoms with Crippen LogP contribution in [-0.2, 0) is 0 Å². The molecular formula is C20H17N5S. The molecule has 0 radical (unpaired) electrons. The van der Waals surface area contributed by atoms with Crippen molar-refractivity contribution in [2.75, 3.05) is 0 Å². The molecule has 5 rings (SSSR count). The van der Waals surface area contributed by atoms with Gasteiger partial charge in [0.1, 0.15) is 6.33 Å². The monoisotopic (exact) mass is 359 g/mol. The first-order valence-corrected chi connectivity index (χ1v) is 9.36. The van der Waals surface area contributed by atoms with Crippen LogP contribution in [0.2, 0.25) is 0 Å². The van der Waals surface area contributed by atoms with Crippen LogP contribution in [0.1, 0.15) is 16.8 Å². The molecule has 0 aliphatic carbocycles. The first-order valence-electron chi connectivity index (χ1n) is 8.48. The lowest BCUT2D eigenvalue weighted by molar-refractivity contribution is 0.926. The predicted molar refractivity (Wildman–Crippen MR) is 105 cm³/mol. The Hall–Kier alpha value is -2.99. The highest BCUT2D eigenvalue weighted by Gasteiger charge is 2.20. The van der Waals surface area contributed by atoms with Gasteiger partial charge in [0.15, 0.2) is 17.1 Å². The van der Waals surface area contributed by atoms with Crippen molar-refractivity contribution >= 4 is 28.0 Å². The van der Waals surface area contributed by atoms with Gasteiger partial charge in [-0.05, 0) is 49.4 Å². The number of hydrogen-bond acceptors (Lipinski definition) is 4. The smallest absolute Gasteiger partial charge is 0.192 e. The van der Waals surface area contributed by atoms with E-state index in [-0.39, 0.29) is 0 Å². The minimum absolute atomic E-state index is 0.745. The normalized spacial score (nSPS) is 11.7. The van der Waals surface area contributed by atoms with Crippen LogP contribution in [0, 0.1) is 20.8 Å². The molecule has 4 heterocycles. The van der Waals surface area contributed by atoms with Crippen molar-refractivity contribution in [2.24, 2.45) is 0 Å². The fraction of sp³-hybridized carbons (Fsp3) is 0.150. The van der Waals surface area contributed by atoms with Gasteiger partial charge in [-0.1, -0.05) is 24.3 Å². The largest absolute Gasteiger partial charge is 0.298 e. The molecule has 1 aromatic carbocycles. The van der Waals surface area contributed by atoms with Crippen LogP contribution in [0.4, 0.5) is 0 Å². The van der Waals surface area contributed by atoms with E-state index in [9.17, 15) is 0 Å². The Morgan fingerprint density at radius 2 is 1.81 bits per heavy atom. The Morgan fingerprint density at radius 1 is 0.962 bits per heavy atom. The van der Waals surface area contributed by atoms with Gasteiger partial charge in [-0.3, -0.25) is 4.57 Å². The number of rotatable bonds is 2. The van der Waals surface area contributed by atoms with Gasteiger partial charge in [0.05, 0.1) is 16.0 Å². The number of hydrogen-bond donors (Lipinski definition) is 0. The molecule has 5 aromatic rings. The summed E-state index contributed by atoms with van der Waals surface area (Å²) in [6.07, 6.45) is 1.76. The number of para-hydroxylation sites is 1. The van der Waals surface area contributed by atoms with Gasteiger partial charge in [-0.25, -0.2) is 14.5 Å². The molecule has 0 N–H and O–H groups in total. The van der Waals surface area contributed by atoms with Crippen LogP contribution in [0.15, 0.2) is 48.1 Å². The molecule has 0 bridgehead atoms. The summed E-state index contributed by atoms with van der Waals surface area (Å²) in [6.45, 7) is 6.39. The van der Waals surface area contributed by atoms with Gasteiger partial charge in [-0.15, -0.1) is 16.4 Å². The lowest BCUT2D eigenvalue weighted by Gasteiger charge is -2.10. The van der Waals surface area contributed by atoms with Crippen LogP contribution in [0.25, 0.3) is 33.1 Å². The van der Waals surface area contributed by atoms with Crippen LogP contribution < -0.4 is 0 Å². The van der Waals surface area contributed by atoms with E-state index in [1.807, 2.05) is 17.5 Å². The van der Waals surface area contributed by atoms with E-state index in [0.29, 0.717) is 0 Å². The Morgan fingerprint density at radius 3 is 2.58 bits per heavy atom. The summed E-state index contributed by atoms with van der Waals surface area (Å²) >= 11 is 1.64. The summed E-state index contributed by atoms with van der Waals surface area (Å²) in [5.74, 6) is 0.745. The molecule has 4 aromatic heterocycles. The highest BCUT2D eigenvalue weighted by Crippen LogP contribution is 2.32. The van der Waals surface area contributed by atoms with Crippen molar-refractivity contribution in [3.8, 4) is 16.4 Å². The summed E-state index contributed by atoms with van der Waals surface area (Å²) in [5, 5.41) is 7.72. The molecule has 0 amide bonds. The zero-order chi connectivity index (χ0) is 17.8. The van der Waals surface area contributed by atoms with Crippen molar-refractivity contribution in [3.05, 3.63) is 64.9 Å². The second kappa shape index (κ2) is 5.51. The molecule has 5 nitrogen and oxygen atoms in total. The Kier molecular flexibility index (Phi) is 3.24. The number of aryl methyl sites for hydroxylation is 2. The summed E-state index contributed by atoms with van der Waals surface area (Å²) in [6, 6.07) is 12.4. The Balaban J connectivity index is 1.86. The molecule has 0 unspecified atom stereocenters. The standard InChI is InChI=1S/C20H17N5S/c1-12-7-4-5-8-15(12)25-14(3)13(2)17-19(25)21-11-24-20(17)22-18(23-24)16-9-6-10-26-16/h4-11H,1-3H3. The van der Waals surface area contributed by atoms with Gasteiger partial charge in [0.2, 0.25) is 0 Å². The maximum Gasteiger partial charge on any atom is 0.192 e. The molecule has 0 aliphatic heterocycles. The summed E-state index contributed by atoms with van der Waals surface area (Å²) in [7, 11) is 0. The highest BCUT2D eigenvalue weighted by atomic mass is 32.1. The maximum atomic E-state index is 4.82. The van der Waals surface area contributed by atoms with E-state index < -0.39 is 0 Å². The average molecular weight is 359 g/mol. The zero-order valence-corrected chi connectivity index (χ0v) is 15.6. The molecule has 0 atom stereocenters. The fourth-order valence-corrected chi connectivity index (χ4v) is 4.13. The van der Waals surface area contributed by atoms with Crippen LogP contribution in [0.3, 0.4) is 0 Å². The third kappa shape index (κ3) is 2.05. The predicted octanol–water partition coefficient (Wildman–Crippen LogP) is 4.72. The van der Waals surface area contributed by atoms with Gasteiger partial charge >= 0.3 is 0 Å². The molecular weight excluding hydrogens is 342 g/mol. The first kappa shape index (κ1) is 15.3. The quantitative estimate of drug-likeness (QED) is 0.458. The lowest BCUT2D eigenvalue weighted by Crippen LogP contribution is -2.01. The van der Waals surface area contributed by atoms with Crippen LogP contribution in [0.5, 0.6) is 0 Å². The lowest BCUT2D eigenvalue weighted by atomic mass is 10.2. The number of aromatic nitrogens is 5. The van der Waals surface area contributed by atoms with Gasteiger partial charge in [0.25, 0.3) is 0 Å². The molecule has 0 saturated heterocycles. The zero-order valence-electron chi connectivity index (χ0n) is 14.8. The first-order chi connectivity index (χ1) is 12.6. The molecule has 26 heavy (non-hydrogen) atoms. The topological polar surface area (TPSA) is 48.0 Å². The summed E-state index contributed by atoms with van der Waals surface area (Å²) in [4.78, 5) is 10.6.